The second-order valence-electron chi connectivity index (χ2n) is 4.81. The van der Waals surface area contributed by atoms with Gasteiger partial charge in [0.1, 0.15) is 5.82 Å². The number of halogens is 1. The van der Waals surface area contributed by atoms with Crippen molar-refractivity contribution in [3.63, 3.8) is 0 Å². The lowest BCUT2D eigenvalue weighted by molar-refractivity contribution is 0.0989. The molecule has 18 heavy (non-hydrogen) atoms. The Hall–Kier alpha value is -0.830. The normalized spacial score (nSPS) is 16.7. The highest BCUT2D eigenvalue weighted by Gasteiger charge is 2.14. The molecule has 0 spiro atoms. The number of benzene rings is 1. The molecule has 0 bridgehead atoms. The van der Waals surface area contributed by atoms with Crippen molar-refractivity contribution in [2.24, 2.45) is 0 Å². The summed E-state index contributed by atoms with van der Waals surface area (Å²) in [6.07, 6.45) is 7.20. The highest BCUT2D eigenvalue weighted by atomic mass is 32.2. The van der Waals surface area contributed by atoms with E-state index in [1.165, 1.54) is 44.2 Å². The summed E-state index contributed by atoms with van der Waals surface area (Å²) in [5.74, 6) is 0.724. The average molecular weight is 266 g/mol. The van der Waals surface area contributed by atoms with Crippen LogP contribution in [0.5, 0.6) is 0 Å². The molecule has 0 atom stereocenters. The lowest BCUT2D eigenvalue weighted by atomic mass is 10.0. The first kappa shape index (κ1) is 13.6. The fourth-order valence-electron chi connectivity index (χ4n) is 2.33. The topological polar surface area (TPSA) is 17.1 Å². The smallest absolute Gasteiger partial charge is 0.163 e. The third-order valence-corrected chi connectivity index (χ3v) is 4.78. The molecule has 1 fully saturated rings. The highest BCUT2D eigenvalue weighted by Crippen LogP contribution is 2.28. The zero-order valence-corrected chi connectivity index (χ0v) is 11.3. The second kappa shape index (κ2) is 6.93. The summed E-state index contributed by atoms with van der Waals surface area (Å²) in [6.45, 7) is 0. The molecule has 1 nitrogen and oxygen atoms in total. The van der Waals surface area contributed by atoms with Crippen LogP contribution in [0.25, 0.3) is 0 Å². The van der Waals surface area contributed by atoms with Gasteiger partial charge in [-0.25, -0.2) is 4.39 Å². The van der Waals surface area contributed by atoms with Gasteiger partial charge in [0.25, 0.3) is 0 Å². The van der Waals surface area contributed by atoms with E-state index in [1.807, 2.05) is 11.8 Å². The number of hydrogen-bond acceptors (Lipinski definition) is 2. The van der Waals surface area contributed by atoms with Crippen molar-refractivity contribution < 1.29 is 9.18 Å². The van der Waals surface area contributed by atoms with Gasteiger partial charge in [-0.15, -0.1) is 0 Å². The minimum Gasteiger partial charge on any atom is -0.294 e. The molecule has 1 aliphatic carbocycles. The second-order valence-corrected chi connectivity index (χ2v) is 6.22. The van der Waals surface area contributed by atoms with Crippen molar-refractivity contribution in [3.8, 4) is 0 Å². The van der Waals surface area contributed by atoms with Crippen LogP contribution >= 0.6 is 11.8 Å². The van der Waals surface area contributed by atoms with Gasteiger partial charge in [0.15, 0.2) is 5.78 Å². The van der Waals surface area contributed by atoms with Gasteiger partial charge in [0.05, 0.1) is 0 Å². The first-order chi connectivity index (χ1) is 8.75. The van der Waals surface area contributed by atoms with Crippen LogP contribution in [0.4, 0.5) is 4.39 Å². The SMILES string of the molecule is O=C(CCSC1CCCCC1)c1ccc(F)cc1. The number of hydrogen-bond donors (Lipinski definition) is 0. The number of thioether (sulfide) groups is 1. The molecule has 98 valence electrons. The van der Waals surface area contributed by atoms with Crippen LogP contribution in [0.1, 0.15) is 48.9 Å². The fraction of sp³-hybridized carbons (Fsp3) is 0.533. The zero-order chi connectivity index (χ0) is 12.8. The maximum absolute atomic E-state index is 12.7. The predicted octanol–water partition coefficient (Wildman–Crippen LogP) is 4.46. The van der Waals surface area contributed by atoms with E-state index in [2.05, 4.69) is 0 Å². The van der Waals surface area contributed by atoms with Gasteiger partial charge in [0, 0.05) is 23.0 Å². The van der Waals surface area contributed by atoms with E-state index in [1.54, 1.807) is 12.1 Å². The maximum atomic E-state index is 12.7. The molecule has 0 heterocycles. The number of Topliss-reactive ketones (excluding diaryl/α,β-unsaturated/α-hetero) is 1. The molecule has 1 aromatic rings. The quantitative estimate of drug-likeness (QED) is 0.732. The van der Waals surface area contributed by atoms with Crippen LogP contribution in [0.3, 0.4) is 0 Å². The van der Waals surface area contributed by atoms with Crippen molar-refractivity contribution >= 4 is 17.5 Å². The summed E-state index contributed by atoms with van der Waals surface area (Å²) in [5, 5.41) is 0.750. The Morgan fingerprint density at radius 1 is 1.17 bits per heavy atom. The Morgan fingerprint density at radius 2 is 1.83 bits per heavy atom. The largest absolute Gasteiger partial charge is 0.294 e. The van der Waals surface area contributed by atoms with Crippen LogP contribution in [-0.2, 0) is 0 Å². The number of ketones is 1. The average Bonchev–Trinajstić information content (AvgIpc) is 2.40. The summed E-state index contributed by atoms with van der Waals surface area (Å²) in [7, 11) is 0. The Balaban J connectivity index is 1.72. The van der Waals surface area contributed by atoms with Crippen molar-refractivity contribution in [2.45, 2.75) is 43.8 Å². The summed E-state index contributed by atoms with van der Waals surface area (Å²) >= 11 is 1.93. The van der Waals surface area contributed by atoms with E-state index in [-0.39, 0.29) is 11.6 Å². The minimum absolute atomic E-state index is 0.123. The molecule has 0 radical (unpaired) electrons. The van der Waals surface area contributed by atoms with Crippen LogP contribution in [0, 0.1) is 5.82 Å². The summed E-state index contributed by atoms with van der Waals surface area (Å²) < 4.78 is 12.7. The third kappa shape index (κ3) is 4.13. The van der Waals surface area contributed by atoms with Gasteiger partial charge < -0.3 is 0 Å². The monoisotopic (exact) mass is 266 g/mol. The molecule has 0 amide bonds. The summed E-state index contributed by atoms with van der Waals surface area (Å²) in [6, 6.07) is 5.84. The van der Waals surface area contributed by atoms with Crippen LogP contribution in [-0.4, -0.2) is 16.8 Å². The van der Waals surface area contributed by atoms with E-state index in [4.69, 9.17) is 0 Å². The molecule has 0 aromatic heterocycles. The first-order valence-electron chi connectivity index (χ1n) is 6.66. The molecule has 0 aliphatic heterocycles. The number of carbonyl (C=O) groups is 1. The first-order valence-corrected chi connectivity index (χ1v) is 7.71. The fourth-order valence-corrected chi connectivity index (χ4v) is 3.63. The molecule has 2 rings (SSSR count). The van der Waals surface area contributed by atoms with E-state index in [0.717, 1.165) is 11.0 Å². The standard InChI is InChI=1S/C15H19FOS/c16-13-8-6-12(7-9-13)15(17)10-11-18-14-4-2-1-3-5-14/h6-9,14H,1-5,10-11H2. The molecule has 3 heteroatoms. The van der Waals surface area contributed by atoms with E-state index in [9.17, 15) is 9.18 Å². The molecule has 0 N–H and O–H groups in total. The number of rotatable bonds is 5. The lowest BCUT2D eigenvalue weighted by Gasteiger charge is -2.20. The van der Waals surface area contributed by atoms with E-state index in [0.29, 0.717) is 12.0 Å². The van der Waals surface area contributed by atoms with Crippen LogP contribution < -0.4 is 0 Å². The van der Waals surface area contributed by atoms with Gasteiger partial charge in [-0.05, 0) is 37.1 Å². The van der Waals surface area contributed by atoms with Crippen molar-refractivity contribution in [2.75, 3.05) is 5.75 Å². The van der Waals surface area contributed by atoms with Crippen molar-refractivity contribution in [1.82, 2.24) is 0 Å². The summed E-state index contributed by atoms with van der Waals surface area (Å²) in [5.41, 5.74) is 0.626. The Morgan fingerprint density at radius 3 is 2.50 bits per heavy atom. The van der Waals surface area contributed by atoms with Gasteiger partial charge in [-0.3, -0.25) is 4.79 Å². The van der Waals surface area contributed by atoms with Gasteiger partial charge in [-0.2, -0.15) is 11.8 Å². The van der Waals surface area contributed by atoms with Crippen molar-refractivity contribution in [3.05, 3.63) is 35.6 Å². The molecule has 0 saturated heterocycles. The molecule has 1 aromatic carbocycles. The van der Waals surface area contributed by atoms with Crippen LogP contribution in [0.15, 0.2) is 24.3 Å². The number of carbonyl (C=O) groups excluding carboxylic acids is 1. The molecule has 0 unspecified atom stereocenters. The Kier molecular flexibility index (Phi) is 5.24. The predicted molar refractivity (Wildman–Crippen MR) is 74.7 cm³/mol. The highest BCUT2D eigenvalue weighted by molar-refractivity contribution is 7.99. The lowest BCUT2D eigenvalue weighted by Crippen LogP contribution is -2.10. The molecular formula is C15H19FOS. The van der Waals surface area contributed by atoms with Crippen LogP contribution in [0.2, 0.25) is 0 Å². The third-order valence-electron chi connectivity index (χ3n) is 3.40. The maximum Gasteiger partial charge on any atom is 0.163 e. The van der Waals surface area contributed by atoms with Gasteiger partial charge in [0.2, 0.25) is 0 Å². The van der Waals surface area contributed by atoms with E-state index < -0.39 is 0 Å². The van der Waals surface area contributed by atoms with Crippen molar-refractivity contribution in [1.29, 1.82) is 0 Å². The van der Waals surface area contributed by atoms with Gasteiger partial charge >= 0.3 is 0 Å². The Labute approximate surface area is 112 Å². The Bertz CT molecular complexity index is 382. The summed E-state index contributed by atoms with van der Waals surface area (Å²) in [4.78, 5) is 11.9. The molecule has 1 aliphatic rings. The zero-order valence-electron chi connectivity index (χ0n) is 10.5. The van der Waals surface area contributed by atoms with E-state index >= 15 is 0 Å². The molecular weight excluding hydrogens is 247 g/mol. The van der Waals surface area contributed by atoms with Gasteiger partial charge in [-0.1, -0.05) is 19.3 Å². The minimum atomic E-state index is -0.289. The molecule has 1 saturated carbocycles.